The molecule has 2 N–H and O–H groups in total. The van der Waals surface area contributed by atoms with E-state index in [9.17, 15) is 4.79 Å². The van der Waals surface area contributed by atoms with Gasteiger partial charge in [-0.3, -0.25) is 0 Å². The maximum Gasteiger partial charge on any atom is 0.407 e. The fourth-order valence-electron chi connectivity index (χ4n) is 3.43. The second kappa shape index (κ2) is 7.49. The van der Waals surface area contributed by atoms with E-state index in [1.807, 2.05) is 20.8 Å². The van der Waals surface area contributed by atoms with Crippen molar-refractivity contribution in [2.75, 3.05) is 13.1 Å². The van der Waals surface area contributed by atoms with Crippen molar-refractivity contribution < 1.29 is 9.53 Å². The summed E-state index contributed by atoms with van der Waals surface area (Å²) in [6, 6.07) is 0. The third kappa shape index (κ3) is 5.64. The Balaban J connectivity index is 1.80. The molecule has 0 heterocycles. The average Bonchev–Trinajstić information content (AvgIpc) is 2.92. The molecule has 1 amide bonds. The topological polar surface area (TPSA) is 50.4 Å². The highest BCUT2D eigenvalue weighted by Gasteiger charge is 2.34. The second-order valence-corrected chi connectivity index (χ2v) is 7.87. The van der Waals surface area contributed by atoms with Crippen LogP contribution in [-0.2, 0) is 4.74 Å². The summed E-state index contributed by atoms with van der Waals surface area (Å²) < 4.78 is 5.35. The summed E-state index contributed by atoms with van der Waals surface area (Å²) in [5.74, 6) is 0.740. The molecule has 22 heavy (non-hydrogen) atoms. The first-order valence-electron chi connectivity index (χ1n) is 8.75. The molecule has 0 bridgehead atoms. The number of ether oxygens (including phenoxy) is 1. The molecule has 2 rings (SSSR count). The molecule has 0 spiro atoms. The molecular formula is C18H32N2O2. The average molecular weight is 308 g/mol. The quantitative estimate of drug-likeness (QED) is 0.760. The van der Waals surface area contributed by atoms with Gasteiger partial charge in [-0.15, -0.1) is 0 Å². The molecular weight excluding hydrogens is 276 g/mol. The second-order valence-electron chi connectivity index (χ2n) is 7.87. The minimum Gasteiger partial charge on any atom is -0.444 e. The fraction of sp³-hybridized carbons (Fsp3) is 0.833. The van der Waals surface area contributed by atoms with Crippen molar-refractivity contribution in [2.45, 2.75) is 76.9 Å². The number of carbonyl (C=O) groups excluding carboxylic acids is 1. The lowest BCUT2D eigenvalue weighted by molar-refractivity contribution is 0.0509. The number of rotatable bonds is 5. The lowest BCUT2D eigenvalue weighted by atomic mass is 9.91. The number of allylic oxidation sites excluding steroid dienone is 2. The first-order valence-corrected chi connectivity index (χ1v) is 8.75. The standard InChI is InChI=1S/C18H32N2O2/c1-17(2,3)22-16(21)19-14-18(11-7-8-12-18)20-13-15-9-5-4-6-10-15/h4-5,15,20H,6-14H2,1-3H3,(H,19,21). The molecule has 2 aliphatic carbocycles. The Labute approximate surface area is 135 Å². The smallest absolute Gasteiger partial charge is 0.407 e. The van der Waals surface area contributed by atoms with Crippen LogP contribution in [0.5, 0.6) is 0 Å². The van der Waals surface area contributed by atoms with Crippen molar-refractivity contribution in [1.29, 1.82) is 0 Å². The van der Waals surface area contributed by atoms with Crippen LogP contribution in [0.4, 0.5) is 4.79 Å². The van der Waals surface area contributed by atoms with Gasteiger partial charge in [-0.05, 0) is 65.3 Å². The minimum absolute atomic E-state index is 0.0675. The number of alkyl carbamates (subject to hydrolysis) is 1. The summed E-state index contributed by atoms with van der Waals surface area (Å²) in [5.41, 5.74) is -0.368. The molecule has 4 heteroatoms. The van der Waals surface area contributed by atoms with E-state index >= 15 is 0 Å². The van der Waals surface area contributed by atoms with Gasteiger partial charge in [0.15, 0.2) is 0 Å². The number of nitrogens with one attached hydrogen (secondary N) is 2. The van der Waals surface area contributed by atoms with E-state index in [2.05, 4.69) is 22.8 Å². The summed E-state index contributed by atoms with van der Waals surface area (Å²) in [4.78, 5) is 11.9. The Morgan fingerprint density at radius 1 is 1.27 bits per heavy atom. The minimum atomic E-state index is -0.436. The Morgan fingerprint density at radius 2 is 2.00 bits per heavy atom. The lowest BCUT2D eigenvalue weighted by Crippen LogP contribution is -2.53. The van der Waals surface area contributed by atoms with Crippen LogP contribution in [0.3, 0.4) is 0 Å². The van der Waals surface area contributed by atoms with Crippen LogP contribution in [-0.4, -0.2) is 30.3 Å². The van der Waals surface area contributed by atoms with Gasteiger partial charge in [-0.25, -0.2) is 4.79 Å². The SMILES string of the molecule is CC(C)(C)OC(=O)NCC1(NCC2CC=CCC2)CCCC1. The first kappa shape index (κ1) is 17.3. The summed E-state index contributed by atoms with van der Waals surface area (Å²) in [5, 5.41) is 6.75. The van der Waals surface area contributed by atoms with Crippen LogP contribution >= 0.6 is 0 Å². The molecule has 0 aliphatic heterocycles. The molecule has 1 unspecified atom stereocenters. The molecule has 0 aromatic rings. The zero-order chi connectivity index (χ0) is 16.1. The zero-order valence-corrected chi connectivity index (χ0v) is 14.4. The van der Waals surface area contributed by atoms with Crippen molar-refractivity contribution in [3.05, 3.63) is 12.2 Å². The highest BCUT2D eigenvalue weighted by Crippen LogP contribution is 2.30. The molecule has 0 aromatic carbocycles. The van der Waals surface area contributed by atoms with Crippen molar-refractivity contribution >= 4 is 6.09 Å². The van der Waals surface area contributed by atoms with Gasteiger partial charge < -0.3 is 15.4 Å². The van der Waals surface area contributed by atoms with E-state index in [1.54, 1.807) is 0 Å². The van der Waals surface area contributed by atoms with Crippen LogP contribution in [0.15, 0.2) is 12.2 Å². The van der Waals surface area contributed by atoms with E-state index in [0.29, 0.717) is 6.54 Å². The highest BCUT2D eigenvalue weighted by atomic mass is 16.6. The monoisotopic (exact) mass is 308 g/mol. The summed E-state index contributed by atoms with van der Waals surface area (Å²) in [7, 11) is 0. The predicted octanol–water partition coefficient (Wildman–Crippen LogP) is 3.77. The molecule has 0 aromatic heterocycles. The van der Waals surface area contributed by atoms with Crippen LogP contribution in [0, 0.1) is 5.92 Å². The Bertz CT molecular complexity index is 392. The first-order chi connectivity index (χ1) is 10.4. The van der Waals surface area contributed by atoms with Crippen molar-refractivity contribution in [1.82, 2.24) is 10.6 Å². The van der Waals surface area contributed by atoms with E-state index in [4.69, 9.17) is 4.74 Å². The van der Waals surface area contributed by atoms with Gasteiger partial charge >= 0.3 is 6.09 Å². The van der Waals surface area contributed by atoms with Gasteiger partial charge in [-0.1, -0.05) is 25.0 Å². The fourth-order valence-corrected chi connectivity index (χ4v) is 3.43. The molecule has 2 aliphatic rings. The number of hydrogen-bond donors (Lipinski definition) is 2. The maximum absolute atomic E-state index is 11.9. The van der Waals surface area contributed by atoms with Crippen LogP contribution in [0.25, 0.3) is 0 Å². The van der Waals surface area contributed by atoms with Gasteiger partial charge in [0.2, 0.25) is 0 Å². The Kier molecular flexibility index (Phi) is 5.90. The number of hydrogen-bond acceptors (Lipinski definition) is 3. The molecule has 126 valence electrons. The lowest BCUT2D eigenvalue weighted by Gasteiger charge is -2.33. The largest absolute Gasteiger partial charge is 0.444 e. The van der Waals surface area contributed by atoms with Crippen molar-refractivity contribution in [3.8, 4) is 0 Å². The van der Waals surface area contributed by atoms with Crippen molar-refractivity contribution in [2.24, 2.45) is 5.92 Å². The van der Waals surface area contributed by atoms with Gasteiger partial charge in [-0.2, -0.15) is 0 Å². The molecule has 4 nitrogen and oxygen atoms in total. The van der Waals surface area contributed by atoms with Crippen LogP contribution in [0.2, 0.25) is 0 Å². The molecule has 1 saturated carbocycles. The normalized spacial score (nSPS) is 24.2. The molecule has 1 fully saturated rings. The van der Waals surface area contributed by atoms with Gasteiger partial charge in [0.05, 0.1) is 0 Å². The third-order valence-electron chi connectivity index (χ3n) is 4.67. The Morgan fingerprint density at radius 3 is 2.59 bits per heavy atom. The Hall–Kier alpha value is -1.03. The third-order valence-corrected chi connectivity index (χ3v) is 4.67. The predicted molar refractivity (Wildman–Crippen MR) is 89.9 cm³/mol. The summed E-state index contributed by atoms with van der Waals surface area (Å²) in [6.45, 7) is 7.41. The number of amides is 1. The van der Waals surface area contributed by atoms with Crippen molar-refractivity contribution in [3.63, 3.8) is 0 Å². The molecule has 0 radical (unpaired) electrons. The van der Waals surface area contributed by atoms with Gasteiger partial charge in [0, 0.05) is 12.1 Å². The van der Waals surface area contributed by atoms with E-state index in [-0.39, 0.29) is 11.6 Å². The van der Waals surface area contributed by atoms with Crippen LogP contribution in [0.1, 0.15) is 65.7 Å². The zero-order valence-electron chi connectivity index (χ0n) is 14.4. The molecule has 0 saturated heterocycles. The summed E-state index contributed by atoms with van der Waals surface area (Å²) in [6.07, 6.45) is 12.7. The molecule has 1 atom stereocenters. The maximum atomic E-state index is 11.9. The van der Waals surface area contributed by atoms with Gasteiger partial charge in [0.1, 0.15) is 5.60 Å². The van der Waals surface area contributed by atoms with E-state index < -0.39 is 5.60 Å². The van der Waals surface area contributed by atoms with Gasteiger partial charge in [0.25, 0.3) is 0 Å². The summed E-state index contributed by atoms with van der Waals surface area (Å²) >= 11 is 0. The van der Waals surface area contributed by atoms with E-state index in [0.717, 1.165) is 25.3 Å². The number of carbonyl (C=O) groups is 1. The highest BCUT2D eigenvalue weighted by molar-refractivity contribution is 5.67. The van der Waals surface area contributed by atoms with E-state index in [1.165, 1.54) is 32.1 Å². The van der Waals surface area contributed by atoms with Crippen LogP contribution < -0.4 is 10.6 Å².